The Kier molecular flexibility index (Phi) is 4.63. The Bertz CT molecular complexity index is 438. The van der Waals surface area contributed by atoms with Crippen molar-refractivity contribution in [2.24, 2.45) is 0 Å². The number of piperazine rings is 1. The molecule has 1 heterocycles. The number of halogens is 2. The second kappa shape index (κ2) is 6.08. The van der Waals surface area contributed by atoms with E-state index in [4.69, 9.17) is 0 Å². The topological polar surface area (TPSA) is 15.3 Å². The van der Waals surface area contributed by atoms with Crippen LogP contribution in [0.3, 0.4) is 0 Å². The van der Waals surface area contributed by atoms with Crippen molar-refractivity contribution in [3.63, 3.8) is 0 Å². The normalized spacial score (nSPS) is 22.1. The summed E-state index contributed by atoms with van der Waals surface area (Å²) in [5, 5.41) is 3.63. The second-order valence-corrected chi connectivity index (χ2v) is 5.69. The first-order valence-electron chi connectivity index (χ1n) is 7.51. The third-order valence-corrected chi connectivity index (χ3v) is 4.63. The first kappa shape index (κ1) is 15.2. The summed E-state index contributed by atoms with van der Waals surface area (Å²) in [6.45, 7) is 8.08. The molecule has 0 saturated carbocycles. The average molecular weight is 282 g/mol. The van der Waals surface area contributed by atoms with Gasteiger partial charge in [0.1, 0.15) is 11.6 Å². The Morgan fingerprint density at radius 1 is 1.15 bits per heavy atom. The van der Waals surface area contributed by atoms with Crippen LogP contribution < -0.4 is 10.2 Å². The first-order valence-corrected chi connectivity index (χ1v) is 7.51. The van der Waals surface area contributed by atoms with Gasteiger partial charge in [0.2, 0.25) is 0 Å². The molecular formula is C16H24F2N2. The van der Waals surface area contributed by atoms with Crippen LogP contribution in [0.2, 0.25) is 0 Å². The van der Waals surface area contributed by atoms with E-state index in [1.165, 1.54) is 12.1 Å². The first-order chi connectivity index (χ1) is 9.53. The molecule has 1 aromatic carbocycles. The van der Waals surface area contributed by atoms with Gasteiger partial charge in [-0.25, -0.2) is 8.78 Å². The minimum Gasteiger partial charge on any atom is -0.365 e. The van der Waals surface area contributed by atoms with Crippen LogP contribution in [0.1, 0.15) is 40.0 Å². The minimum absolute atomic E-state index is 0.0362. The van der Waals surface area contributed by atoms with Gasteiger partial charge in [-0.1, -0.05) is 20.8 Å². The fourth-order valence-corrected chi connectivity index (χ4v) is 3.05. The minimum atomic E-state index is -0.507. The van der Waals surface area contributed by atoms with E-state index in [1.54, 1.807) is 0 Å². The van der Waals surface area contributed by atoms with E-state index in [9.17, 15) is 8.78 Å². The van der Waals surface area contributed by atoms with E-state index >= 15 is 0 Å². The second-order valence-electron chi connectivity index (χ2n) is 5.69. The molecular weight excluding hydrogens is 258 g/mol. The molecule has 0 radical (unpaired) electrons. The molecule has 2 nitrogen and oxygen atoms in total. The summed E-state index contributed by atoms with van der Waals surface area (Å²) in [5.41, 5.74) is 0.691. The highest BCUT2D eigenvalue weighted by Crippen LogP contribution is 2.29. The van der Waals surface area contributed by atoms with Crippen molar-refractivity contribution in [2.45, 2.75) is 51.6 Å². The van der Waals surface area contributed by atoms with Crippen LogP contribution in [-0.2, 0) is 0 Å². The van der Waals surface area contributed by atoms with Crippen molar-refractivity contribution >= 4 is 5.69 Å². The van der Waals surface area contributed by atoms with Crippen molar-refractivity contribution in [1.82, 2.24) is 5.32 Å². The highest BCUT2D eigenvalue weighted by atomic mass is 19.1. The molecule has 2 rings (SSSR count). The standard InChI is InChI=1S/C16H24F2N2/c1-4-14-10-19-16(5-2,6-3)11-20(14)15-8-12(17)7-13(18)9-15/h7-9,14,19H,4-6,10-11H2,1-3H3. The van der Waals surface area contributed by atoms with Gasteiger partial charge in [-0.2, -0.15) is 0 Å². The van der Waals surface area contributed by atoms with Crippen LogP contribution in [0.4, 0.5) is 14.5 Å². The molecule has 1 unspecified atom stereocenters. The fraction of sp³-hybridized carbons (Fsp3) is 0.625. The average Bonchev–Trinajstić information content (AvgIpc) is 2.45. The predicted octanol–water partition coefficient (Wildman–Crippen LogP) is 3.71. The van der Waals surface area contributed by atoms with E-state index in [-0.39, 0.29) is 11.6 Å². The maximum Gasteiger partial charge on any atom is 0.128 e. The predicted molar refractivity (Wildman–Crippen MR) is 79.1 cm³/mol. The van der Waals surface area contributed by atoms with Crippen molar-refractivity contribution in [1.29, 1.82) is 0 Å². The lowest BCUT2D eigenvalue weighted by Gasteiger charge is -2.48. The summed E-state index contributed by atoms with van der Waals surface area (Å²) in [6.07, 6.45) is 2.97. The number of anilines is 1. The van der Waals surface area contributed by atoms with Gasteiger partial charge in [0.15, 0.2) is 0 Å². The molecule has 1 saturated heterocycles. The van der Waals surface area contributed by atoms with Gasteiger partial charge in [-0.05, 0) is 31.4 Å². The SMILES string of the molecule is CCC1CNC(CC)(CC)CN1c1cc(F)cc(F)c1. The van der Waals surface area contributed by atoms with Gasteiger partial charge in [0.05, 0.1) is 0 Å². The monoisotopic (exact) mass is 282 g/mol. The molecule has 112 valence electrons. The van der Waals surface area contributed by atoms with Crippen LogP contribution >= 0.6 is 0 Å². The quantitative estimate of drug-likeness (QED) is 0.905. The summed E-state index contributed by atoms with van der Waals surface area (Å²) in [7, 11) is 0. The van der Waals surface area contributed by atoms with Gasteiger partial charge in [0, 0.05) is 36.4 Å². The summed E-state index contributed by atoms with van der Waals surface area (Å²) in [6, 6.07) is 4.09. The van der Waals surface area contributed by atoms with Gasteiger partial charge in [0.25, 0.3) is 0 Å². The number of nitrogens with one attached hydrogen (secondary N) is 1. The lowest BCUT2D eigenvalue weighted by atomic mass is 9.87. The molecule has 0 amide bonds. The van der Waals surface area contributed by atoms with E-state index < -0.39 is 11.6 Å². The molecule has 1 aromatic rings. The molecule has 0 bridgehead atoms. The van der Waals surface area contributed by atoms with E-state index in [0.717, 1.165) is 38.4 Å². The number of hydrogen-bond acceptors (Lipinski definition) is 2. The third kappa shape index (κ3) is 2.95. The molecule has 1 fully saturated rings. The van der Waals surface area contributed by atoms with Gasteiger partial charge in [-0.3, -0.25) is 0 Å². The Labute approximate surface area is 120 Å². The summed E-state index contributed by atoms with van der Waals surface area (Å²) < 4.78 is 27.0. The van der Waals surface area contributed by atoms with Crippen LogP contribution in [0.25, 0.3) is 0 Å². The highest BCUT2D eigenvalue weighted by Gasteiger charge is 2.36. The molecule has 0 aromatic heterocycles. The molecule has 4 heteroatoms. The van der Waals surface area contributed by atoms with E-state index in [1.807, 2.05) is 0 Å². The molecule has 20 heavy (non-hydrogen) atoms. The number of nitrogens with zero attached hydrogens (tertiary/aromatic N) is 1. The van der Waals surface area contributed by atoms with Crippen molar-refractivity contribution in [2.75, 3.05) is 18.0 Å². The Balaban J connectivity index is 2.33. The lowest BCUT2D eigenvalue weighted by molar-refractivity contribution is 0.246. The fourth-order valence-electron chi connectivity index (χ4n) is 3.05. The Morgan fingerprint density at radius 3 is 2.25 bits per heavy atom. The molecule has 1 atom stereocenters. The van der Waals surface area contributed by atoms with Crippen LogP contribution in [0, 0.1) is 11.6 Å². The van der Waals surface area contributed by atoms with Crippen molar-refractivity contribution < 1.29 is 8.78 Å². The molecule has 0 spiro atoms. The maximum absolute atomic E-state index is 13.5. The third-order valence-electron chi connectivity index (χ3n) is 4.63. The Morgan fingerprint density at radius 2 is 1.75 bits per heavy atom. The van der Waals surface area contributed by atoms with E-state index in [2.05, 4.69) is 31.0 Å². The van der Waals surface area contributed by atoms with Crippen molar-refractivity contribution in [3.05, 3.63) is 29.8 Å². The zero-order chi connectivity index (χ0) is 14.8. The molecule has 1 N–H and O–H groups in total. The number of rotatable bonds is 4. The lowest BCUT2D eigenvalue weighted by Crippen LogP contribution is -2.64. The zero-order valence-corrected chi connectivity index (χ0v) is 12.5. The zero-order valence-electron chi connectivity index (χ0n) is 12.5. The van der Waals surface area contributed by atoms with Crippen molar-refractivity contribution in [3.8, 4) is 0 Å². The molecule has 1 aliphatic rings. The van der Waals surface area contributed by atoms with E-state index in [0.29, 0.717) is 5.69 Å². The highest BCUT2D eigenvalue weighted by molar-refractivity contribution is 5.49. The van der Waals surface area contributed by atoms with Crippen LogP contribution in [-0.4, -0.2) is 24.7 Å². The summed E-state index contributed by atoms with van der Waals surface area (Å²) in [4.78, 5) is 2.16. The summed E-state index contributed by atoms with van der Waals surface area (Å²) >= 11 is 0. The van der Waals surface area contributed by atoms with Gasteiger partial charge < -0.3 is 10.2 Å². The molecule has 0 aliphatic carbocycles. The number of hydrogen-bond donors (Lipinski definition) is 1. The largest absolute Gasteiger partial charge is 0.365 e. The van der Waals surface area contributed by atoms with Gasteiger partial charge in [-0.15, -0.1) is 0 Å². The van der Waals surface area contributed by atoms with Gasteiger partial charge >= 0.3 is 0 Å². The van der Waals surface area contributed by atoms with Crippen LogP contribution in [0.5, 0.6) is 0 Å². The summed E-state index contributed by atoms with van der Waals surface area (Å²) in [5.74, 6) is -1.01. The smallest absolute Gasteiger partial charge is 0.128 e. The Hall–Kier alpha value is -1.16. The van der Waals surface area contributed by atoms with Crippen LogP contribution in [0.15, 0.2) is 18.2 Å². The molecule has 1 aliphatic heterocycles. The maximum atomic E-state index is 13.5. The number of benzene rings is 1.